The quantitative estimate of drug-likeness (QED) is 0.677. The molecule has 0 aliphatic carbocycles. The second-order valence-corrected chi connectivity index (χ2v) is 3.05. The lowest BCUT2D eigenvalue weighted by Crippen LogP contribution is -2.05. The van der Waals surface area contributed by atoms with Crippen molar-refractivity contribution in [2.75, 3.05) is 0 Å². The first-order valence-corrected chi connectivity index (χ1v) is 4.44. The Hall–Kier alpha value is -1.28. The minimum Gasteiger partial charge on any atom is -0.291 e. The molecule has 2 heteroatoms. The standard InChI is InChI=1S/C11H15NO/c1-10(12-13)6-5-9-11-7-3-2-4-8-11/h2-4,7-8,12-13H,1,5-6,9H2. The normalized spacial score (nSPS) is 9.62. The van der Waals surface area contributed by atoms with Crippen LogP contribution in [0.3, 0.4) is 0 Å². The number of nitrogens with one attached hydrogen (secondary N) is 1. The Morgan fingerprint density at radius 2 is 2.00 bits per heavy atom. The van der Waals surface area contributed by atoms with Gasteiger partial charge >= 0.3 is 0 Å². The summed E-state index contributed by atoms with van der Waals surface area (Å²) in [5.74, 6) is 0. The smallest absolute Gasteiger partial charge is 0.0304 e. The van der Waals surface area contributed by atoms with Crippen LogP contribution in [0.15, 0.2) is 42.6 Å². The molecule has 2 N–H and O–H groups in total. The van der Waals surface area contributed by atoms with Gasteiger partial charge in [-0.3, -0.25) is 10.7 Å². The van der Waals surface area contributed by atoms with Crippen LogP contribution in [-0.4, -0.2) is 5.21 Å². The van der Waals surface area contributed by atoms with Crippen molar-refractivity contribution in [3.63, 3.8) is 0 Å². The molecule has 2 nitrogen and oxygen atoms in total. The van der Waals surface area contributed by atoms with Gasteiger partial charge in [-0.1, -0.05) is 36.9 Å². The molecular formula is C11H15NO. The molecule has 13 heavy (non-hydrogen) atoms. The molecular weight excluding hydrogens is 162 g/mol. The number of hydrogen-bond donors (Lipinski definition) is 2. The van der Waals surface area contributed by atoms with Crippen LogP contribution < -0.4 is 5.48 Å². The van der Waals surface area contributed by atoms with Crippen molar-refractivity contribution >= 4 is 0 Å². The zero-order valence-electron chi connectivity index (χ0n) is 7.66. The van der Waals surface area contributed by atoms with Crippen molar-refractivity contribution in [3.8, 4) is 0 Å². The topological polar surface area (TPSA) is 32.3 Å². The molecule has 0 radical (unpaired) electrons. The molecule has 0 saturated carbocycles. The molecule has 1 aromatic rings. The predicted octanol–water partition coefficient (Wildman–Crippen LogP) is 2.50. The first-order valence-electron chi connectivity index (χ1n) is 4.44. The van der Waals surface area contributed by atoms with Gasteiger partial charge in [0.2, 0.25) is 0 Å². The van der Waals surface area contributed by atoms with Crippen molar-refractivity contribution in [2.24, 2.45) is 0 Å². The molecule has 0 amide bonds. The number of hydroxylamine groups is 1. The molecule has 70 valence electrons. The van der Waals surface area contributed by atoms with Crippen molar-refractivity contribution in [2.45, 2.75) is 19.3 Å². The van der Waals surface area contributed by atoms with E-state index in [0.717, 1.165) is 19.3 Å². The van der Waals surface area contributed by atoms with Gasteiger partial charge in [0.15, 0.2) is 0 Å². The van der Waals surface area contributed by atoms with E-state index in [9.17, 15) is 0 Å². The van der Waals surface area contributed by atoms with Gasteiger partial charge in [0.25, 0.3) is 0 Å². The zero-order chi connectivity index (χ0) is 9.52. The maximum atomic E-state index is 8.48. The van der Waals surface area contributed by atoms with Crippen LogP contribution in [0, 0.1) is 0 Å². The average Bonchev–Trinajstić information content (AvgIpc) is 2.19. The van der Waals surface area contributed by atoms with E-state index in [2.05, 4.69) is 24.2 Å². The number of allylic oxidation sites excluding steroid dienone is 1. The minimum atomic E-state index is 0.677. The Labute approximate surface area is 78.9 Å². The second kappa shape index (κ2) is 5.38. The highest BCUT2D eigenvalue weighted by atomic mass is 16.5. The Bertz CT molecular complexity index is 256. The van der Waals surface area contributed by atoms with Gasteiger partial charge in [-0.15, -0.1) is 0 Å². The SMILES string of the molecule is C=C(CCCc1ccccc1)NO. The predicted molar refractivity (Wildman–Crippen MR) is 53.4 cm³/mol. The van der Waals surface area contributed by atoms with E-state index in [-0.39, 0.29) is 0 Å². The van der Waals surface area contributed by atoms with Crippen molar-refractivity contribution < 1.29 is 5.21 Å². The summed E-state index contributed by atoms with van der Waals surface area (Å²) in [5, 5.41) is 8.48. The van der Waals surface area contributed by atoms with Gasteiger partial charge in [-0.05, 0) is 24.8 Å². The fraction of sp³-hybridized carbons (Fsp3) is 0.273. The third kappa shape index (κ3) is 3.76. The lowest BCUT2D eigenvalue weighted by atomic mass is 10.1. The fourth-order valence-corrected chi connectivity index (χ4v) is 1.21. The summed E-state index contributed by atoms with van der Waals surface area (Å²) in [7, 11) is 0. The first kappa shape index (κ1) is 9.81. The molecule has 0 bridgehead atoms. The maximum absolute atomic E-state index is 8.48. The summed E-state index contributed by atoms with van der Waals surface area (Å²) in [6, 6.07) is 10.3. The highest BCUT2D eigenvalue weighted by Crippen LogP contribution is 2.06. The van der Waals surface area contributed by atoms with Gasteiger partial charge in [0.1, 0.15) is 0 Å². The molecule has 0 saturated heterocycles. The van der Waals surface area contributed by atoms with E-state index in [1.165, 1.54) is 5.56 Å². The summed E-state index contributed by atoms with van der Waals surface area (Å²) >= 11 is 0. The molecule has 0 heterocycles. The molecule has 0 fully saturated rings. The molecule has 0 atom stereocenters. The number of benzene rings is 1. The Kier molecular flexibility index (Phi) is 4.06. The third-order valence-electron chi connectivity index (χ3n) is 1.94. The Morgan fingerprint density at radius 3 is 2.62 bits per heavy atom. The van der Waals surface area contributed by atoms with Crippen LogP contribution in [0.5, 0.6) is 0 Å². The van der Waals surface area contributed by atoms with Crippen LogP contribution in [0.4, 0.5) is 0 Å². The molecule has 0 unspecified atom stereocenters. The van der Waals surface area contributed by atoms with Crippen LogP contribution in [-0.2, 0) is 6.42 Å². The van der Waals surface area contributed by atoms with E-state index in [0.29, 0.717) is 5.70 Å². The maximum Gasteiger partial charge on any atom is 0.0304 e. The summed E-state index contributed by atoms with van der Waals surface area (Å²) in [6.07, 6.45) is 2.85. The van der Waals surface area contributed by atoms with Gasteiger partial charge in [0, 0.05) is 5.70 Å². The summed E-state index contributed by atoms with van der Waals surface area (Å²) in [5.41, 5.74) is 4.06. The van der Waals surface area contributed by atoms with Crippen LogP contribution in [0.1, 0.15) is 18.4 Å². The van der Waals surface area contributed by atoms with E-state index < -0.39 is 0 Å². The molecule has 0 aromatic heterocycles. The summed E-state index contributed by atoms with van der Waals surface area (Å²) in [4.78, 5) is 0. The van der Waals surface area contributed by atoms with E-state index in [4.69, 9.17) is 5.21 Å². The van der Waals surface area contributed by atoms with Crippen molar-refractivity contribution in [3.05, 3.63) is 48.2 Å². The minimum absolute atomic E-state index is 0.677. The molecule has 0 aliphatic rings. The van der Waals surface area contributed by atoms with Gasteiger partial charge in [-0.2, -0.15) is 0 Å². The Morgan fingerprint density at radius 1 is 1.31 bits per heavy atom. The van der Waals surface area contributed by atoms with E-state index in [1.807, 2.05) is 18.2 Å². The lowest BCUT2D eigenvalue weighted by molar-refractivity contribution is 0.196. The van der Waals surface area contributed by atoms with Crippen LogP contribution in [0.2, 0.25) is 0 Å². The summed E-state index contributed by atoms with van der Waals surface area (Å²) < 4.78 is 0. The van der Waals surface area contributed by atoms with Crippen LogP contribution in [0.25, 0.3) is 0 Å². The third-order valence-corrected chi connectivity index (χ3v) is 1.94. The van der Waals surface area contributed by atoms with Gasteiger partial charge in [-0.25, -0.2) is 0 Å². The van der Waals surface area contributed by atoms with E-state index in [1.54, 1.807) is 0 Å². The van der Waals surface area contributed by atoms with Gasteiger partial charge < -0.3 is 0 Å². The fourth-order valence-electron chi connectivity index (χ4n) is 1.21. The second-order valence-electron chi connectivity index (χ2n) is 3.05. The zero-order valence-corrected chi connectivity index (χ0v) is 7.66. The summed E-state index contributed by atoms with van der Waals surface area (Å²) in [6.45, 7) is 3.64. The molecule has 1 aromatic carbocycles. The number of aryl methyl sites for hydroxylation is 1. The number of hydrogen-bond acceptors (Lipinski definition) is 2. The lowest BCUT2D eigenvalue weighted by Gasteiger charge is -2.03. The van der Waals surface area contributed by atoms with Crippen LogP contribution >= 0.6 is 0 Å². The average molecular weight is 177 g/mol. The highest BCUT2D eigenvalue weighted by molar-refractivity contribution is 5.14. The first-order chi connectivity index (χ1) is 6.33. The molecule has 0 spiro atoms. The van der Waals surface area contributed by atoms with Gasteiger partial charge in [0.05, 0.1) is 0 Å². The molecule has 0 aliphatic heterocycles. The monoisotopic (exact) mass is 177 g/mol. The highest BCUT2D eigenvalue weighted by Gasteiger charge is 1.93. The largest absolute Gasteiger partial charge is 0.291 e. The number of rotatable bonds is 5. The van der Waals surface area contributed by atoms with Crippen molar-refractivity contribution in [1.29, 1.82) is 0 Å². The molecule has 1 rings (SSSR count). The van der Waals surface area contributed by atoms with Crippen molar-refractivity contribution in [1.82, 2.24) is 5.48 Å². The Balaban J connectivity index is 2.24. The van der Waals surface area contributed by atoms with E-state index >= 15 is 0 Å².